The van der Waals surface area contributed by atoms with Crippen LogP contribution in [0.4, 0.5) is 5.69 Å². The number of rotatable bonds is 1. The van der Waals surface area contributed by atoms with E-state index < -0.39 is 0 Å². The van der Waals surface area contributed by atoms with Crippen LogP contribution in [0.15, 0.2) is 16.6 Å². The summed E-state index contributed by atoms with van der Waals surface area (Å²) in [5, 5.41) is 0. The van der Waals surface area contributed by atoms with Gasteiger partial charge in [-0.05, 0) is 40.5 Å². The fourth-order valence-electron chi connectivity index (χ4n) is 0.941. The summed E-state index contributed by atoms with van der Waals surface area (Å²) >= 11 is 3.25. The Bertz CT molecular complexity index is 351. The molecule has 0 saturated carbocycles. The van der Waals surface area contributed by atoms with Crippen molar-refractivity contribution in [1.82, 2.24) is 5.43 Å². The van der Waals surface area contributed by atoms with Crippen molar-refractivity contribution in [3.8, 4) is 0 Å². The van der Waals surface area contributed by atoms with Crippen LogP contribution in [0.1, 0.15) is 15.9 Å². The number of halogens is 1. The van der Waals surface area contributed by atoms with Crippen LogP contribution >= 0.6 is 15.9 Å². The van der Waals surface area contributed by atoms with Gasteiger partial charge < -0.3 is 5.73 Å². The van der Waals surface area contributed by atoms with Crippen molar-refractivity contribution in [2.75, 3.05) is 5.73 Å². The van der Waals surface area contributed by atoms with E-state index in [2.05, 4.69) is 15.9 Å². The van der Waals surface area contributed by atoms with E-state index >= 15 is 0 Å². The average Bonchev–Trinajstić information content (AvgIpc) is 2.10. The largest absolute Gasteiger partial charge is 0.398 e. The first-order valence-corrected chi connectivity index (χ1v) is 4.42. The molecular formula is C8H10BrN3O. The van der Waals surface area contributed by atoms with E-state index in [9.17, 15) is 4.79 Å². The quantitative estimate of drug-likeness (QED) is 0.297. The number of anilines is 1. The molecule has 0 atom stereocenters. The van der Waals surface area contributed by atoms with Crippen molar-refractivity contribution in [1.29, 1.82) is 0 Å². The molecule has 13 heavy (non-hydrogen) atoms. The number of nitrogens with two attached hydrogens (primary N) is 2. The van der Waals surface area contributed by atoms with Crippen molar-refractivity contribution in [2.24, 2.45) is 5.84 Å². The van der Waals surface area contributed by atoms with Gasteiger partial charge in [-0.2, -0.15) is 0 Å². The number of nitrogens with one attached hydrogen (secondary N) is 1. The van der Waals surface area contributed by atoms with Gasteiger partial charge in [-0.1, -0.05) is 0 Å². The summed E-state index contributed by atoms with van der Waals surface area (Å²) in [6.07, 6.45) is 0. The molecule has 1 aromatic carbocycles. The second-order valence-corrected chi connectivity index (χ2v) is 3.52. The molecule has 5 heteroatoms. The molecular weight excluding hydrogens is 234 g/mol. The van der Waals surface area contributed by atoms with Crippen molar-refractivity contribution >= 4 is 27.5 Å². The third-order valence-electron chi connectivity index (χ3n) is 1.73. The maximum Gasteiger partial charge on any atom is 0.266 e. The maximum atomic E-state index is 11.2. The zero-order valence-corrected chi connectivity index (χ0v) is 8.68. The predicted octanol–water partition coefficient (Wildman–Crippen LogP) is 0.943. The number of benzene rings is 1. The number of hydrazine groups is 1. The summed E-state index contributed by atoms with van der Waals surface area (Å²) in [6.45, 7) is 1.87. The molecule has 0 saturated heterocycles. The van der Waals surface area contributed by atoms with Gasteiger partial charge in [-0.3, -0.25) is 10.2 Å². The van der Waals surface area contributed by atoms with Gasteiger partial charge in [0.05, 0.1) is 5.56 Å². The molecule has 0 unspecified atom stereocenters. The molecule has 0 spiro atoms. The molecule has 1 amide bonds. The van der Waals surface area contributed by atoms with Crippen LogP contribution in [0.2, 0.25) is 0 Å². The Morgan fingerprint density at radius 1 is 1.54 bits per heavy atom. The van der Waals surface area contributed by atoms with Gasteiger partial charge in [0.1, 0.15) is 0 Å². The third-order valence-corrected chi connectivity index (χ3v) is 2.39. The fourth-order valence-corrected chi connectivity index (χ4v) is 1.58. The molecule has 0 bridgehead atoms. The number of aryl methyl sites for hydroxylation is 1. The number of hydrogen-bond acceptors (Lipinski definition) is 3. The molecule has 0 aliphatic carbocycles. The van der Waals surface area contributed by atoms with E-state index in [1.54, 1.807) is 12.1 Å². The fraction of sp³-hybridized carbons (Fsp3) is 0.125. The summed E-state index contributed by atoms with van der Waals surface area (Å²) in [5.41, 5.74) is 9.61. The van der Waals surface area contributed by atoms with Crippen LogP contribution < -0.4 is 17.0 Å². The summed E-state index contributed by atoms with van der Waals surface area (Å²) < 4.78 is 0.683. The summed E-state index contributed by atoms with van der Waals surface area (Å²) in [5.74, 6) is 4.64. The van der Waals surface area contributed by atoms with E-state index in [1.165, 1.54) is 0 Å². The highest BCUT2D eigenvalue weighted by Gasteiger charge is 2.09. The minimum atomic E-state index is -0.362. The van der Waals surface area contributed by atoms with Crippen molar-refractivity contribution in [3.63, 3.8) is 0 Å². The van der Waals surface area contributed by atoms with E-state index in [0.717, 1.165) is 5.56 Å². The molecule has 4 nitrogen and oxygen atoms in total. The predicted molar refractivity (Wildman–Crippen MR) is 54.9 cm³/mol. The van der Waals surface area contributed by atoms with Gasteiger partial charge in [-0.15, -0.1) is 0 Å². The van der Waals surface area contributed by atoms with Gasteiger partial charge in [0.2, 0.25) is 0 Å². The van der Waals surface area contributed by atoms with Crippen LogP contribution in [0.25, 0.3) is 0 Å². The number of nitrogen functional groups attached to an aromatic ring is 2. The van der Waals surface area contributed by atoms with Crippen molar-refractivity contribution in [2.45, 2.75) is 6.92 Å². The molecule has 0 heterocycles. The lowest BCUT2D eigenvalue weighted by molar-refractivity contribution is 0.0953. The topological polar surface area (TPSA) is 81.1 Å². The first-order chi connectivity index (χ1) is 6.06. The number of amides is 1. The van der Waals surface area contributed by atoms with Gasteiger partial charge in [0.25, 0.3) is 5.91 Å². The molecule has 0 aromatic heterocycles. The number of carbonyl (C=O) groups is 1. The molecule has 0 aliphatic heterocycles. The van der Waals surface area contributed by atoms with Crippen molar-refractivity contribution in [3.05, 3.63) is 27.7 Å². The smallest absolute Gasteiger partial charge is 0.266 e. The molecule has 1 aromatic rings. The molecule has 70 valence electrons. The van der Waals surface area contributed by atoms with Gasteiger partial charge in [-0.25, -0.2) is 5.84 Å². The lowest BCUT2D eigenvalue weighted by Gasteiger charge is -2.06. The molecule has 1 rings (SSSR count). The van der Waals surface area contributed by atoms with Crippen LogP contribution in [0.3, 0.4) is 0 Å². The van der Waals surface area contributed by atoms with E-state index in [-0.39, 0.29) is 5.91 Å². The Hall–Kier alpha value is -1.07. The molecule has 0 radical (unpaired) electrons. The van der Waals surface area contributed by atoms with E-state index in [0.29, 0.717) is 15.7 Å². The standard InChI is InChI=1S/C8H10BrN3O/c1-4-2-6(9)5(3-7(4)10)8(13)12-11/h2-3H,10-11H2,1H3,(H,12,13). The average molecular weight is 244 g/mol. The zero-order valence-electron chi connectivity index (χ0n) is 7.10. The highest BCUT2D eigenvalue weighted by atomic mass is 79.9. The van der Waals surface area contributed by atoms with Crippen LogP contribution in [0, 0.1) is 6.92 Å². The maximum absolute atomic E-state index is 11.2. The molecule has 0 fully saturated rings. The molecule has 0 aliphatic rings. The van der Waals surface area contributed by atoms with Crippen LogP contribution in [-0.2, 0) is 0 Å². The zero-order chi connectivity index (χ0) is 10.0. The highest BCUT2D eigenvalue weighted by molar-refractivity contribution is 9.10. The van der Waals surface area contributed by atoms with Gasteiger partial charge in [0, 0.05) is 10.2 Å². The SMILES string of the molecule is Cc1cc(Br)c(C(=O)NN)cc1N. The first-order valence-electron chi connectivity index (χ1n) is 3.63. The normalized spacial score (nSPS) is 9.77. The minimum Gasteiger partial charge on any atom is -0.398 e. The lowest BCUT2D eigenvalue weighted by Crippen LogP contribution is -2.30. The van der Waals surface area contributed by atoms with Gasteiger partial charge in [0.15, 0.2) is 0 Å². The summed E-state index contributed by atoms with van der Waals surface area (Å²) in [6, 6.07) is 3.36. The van der Waals surface area contributed by atoms with E-state index in [4.69, 9.17) is 11.6 Å². The second kappa shape index (κ2) is 3.76. The lowest BCUT2D eigenvalue weighted by atomic mass is 10.1. The Kier molecular flexibility index (Phi) is 2.90. The van der Waals surface area contributed by atoms with Crippen LogP contribution in [0.5, 0.6) is 0 Å². The summed E-state index contributed by atoms with van der Waals surface area (Å²) in [7, 11) is 0. The highest BCUT2D eigenvalue weighted by Crippen LogP contribution is 2.22. The number of carbonyl (C=O) groups excluding carboxylic acids is 1. The monoisotopic (exact) mass is 243 g/mol. The molecule has 5 N–H and O–H groups in total. The summed E-state index contributed by atoms with van der Waals surface area (Å²) in [4.78, 5) is 11.2. The van der Waals surface area contributed by atoms with E-state index in [1.807, 2.05) is 12.3 Å². The number of hydrogen-bond donors (Lipinski definition) is 3. The Labute approximate surface area is 84.4 Å². The van der Waals surface area contributed by atoms with Gasteiger partial charge >= 0.3 is 0 Å². The first kappa shape index (κ1) is 10.0. The Morgan fingerprint density at radius 2 is 2.15 bits per heavy atom. The van der Waals surface area contributed by atoms with Crippen LogP contribution in [-0.4, -0.2) is 5.91 Å². The Morgan fingerprint density at radius 3 is 2.69 bits per heavy atom. The Balaban J connectivity index is 3.23. The third kappa shape index (κ3) is 1.99. The second-order valence-electron chi connectivity index (χ2n) is 2.66. The van der Waals surface area contributed by atoms with Crippen molar-refractivity contribution < 1.29 is 4.79 Å². The minimum absolute atomic E-state index is 0.362.